The summed E-state index contributed by atoms with van der Waals surface area (Å²) in [6.45, 7) is 0.226. The van der Waals surface area contributed by atoms with Gasteiger partial charge in [-0.1, -0.05) is 23.7 Å². The van der Waals surface area contributed by atoms with Crippen molar-refractivity contribution in [2.75, 3.05) is 13.2 Å². The summed E-state index contributed by atoms with van der Waals surface area (Å²) >= 11 is 7.54. The van der Waals surface area contributed by atoms with E-state index in [0.717, 1.165) is 30.4 Å². The minimum absolute atomic E-state index is 0.251. The zero-order chi connectivity index (χ0) is 17.6. The van der Waals surface area contributed by atoms with E-state index in [0.29, 0.717) is 23.6 Å². The number of esters is 1. The molecule has 4 nitrogen and oxygen atoms in total. The van der Waals surface area contributed by atoms with Gasteiger partial charge in [0.25, 0.3) is 5.91 Å². The van der Waals surface area contributed by atoms with Crippen molar-refractivity contribution in [3.63, 3.8) is 0 Å². The van der Waals surface area contributed by atoms with Gasteiger partial charge in [-0.05, 0) is 55.4 Å². The van der Waals surface area contributed by atoms with E-state index in [1.165, 1.54) is 11.3 Å². The van der Waals surface area contributed by atoms with Crippen molar-refractivity contribution in [1.82, 2.24) is 5.32 Å². The smallest absolute Gasteiger partial charge is 0.339 e. The van der Waals surface area contributed by atoms with Crippen molar-refractivity contribution in [2.45, 2.75) is 32.1 Å². The van der Waals surface area contributed by atoms with Crippen LogP contribution in [0.1, 0.15) is 39.2 Å². The van der Waals surface area contributed by atoms with Gasteiger partial charge in [-0.2, -0.15) is 0 Å². The minimum atomic E-state index is -0.399. The van der Waals surface area contributed by atoms with Crippen molar-refractivity contribution in [1.29, 1.82) is 0 Å². The van der Waals surface area contributed by atoms with Gasteiger partial charge in [-0.15, -0.1) is 11.3 Å². The molecule has 0 saturated carbocycles. The Kier molecular flexibility index (Phi) is 6.10. The molecule has 0 fully saturated rings. The molecule has 0 unspecified atom stereocenters. The second-order valence-electron chi connectivity index (χ2n) is 6.06. The number of benzene rings is 1. The molecule has 6 heteroatoms. The first kappa shape index (κ1) is 18.0. The van der Waals surface area contributed by atoms with Gasteiger partial charge < -0.3 is 10.1 Å². The van der Waals surface area contributed by atoms with E-state index in [-0.39, 0.29) is 12.5 Å². The summed E-state index contributed by atoms with van der Waals surface area (Å²) in [6, 6.07) is 7.51. The largest absolute Gasteiger partial charge is 0.452 e. The number of rotatable bonds is 6. The first-order valence-electron chi connectivity index (χ1n) is 8.41. The second kappa shape index (κ2) is 8.50. The summed E-state index contributed by atoms with van der Waals surface area (Å²) in [5, 5.41) is 5.29. The number of fused-ring (bicyclic) bond motifs is 1. The van der Waals surface area contributed by atoms with E-state index in [1.807, 2.05) is 29.6 Å². The quantitative estimate of drug-likeness (QED) is 0.779. The molecule has 2 aromatic rings. The normalized spacial score (nSPS) is 13.2. The molecule has 1 heterocycles. The molecule has 1 aromatic heterocycles. The molecule has 1 aliphatic carbocycles. The standard InChI is InChI=1S/C19H20ClNO3S/c20-14-5-3-4-13(10-14)8-9-21-18(22)11-24-19(23)16-12-25-17-7-2-1-6-15(16)17/h3-5,10,12H,1-2,6-9,11H2,(H,21,22). The molecular weight excluding hydrogens is 358 g/mol. The highest BCUT2D eigenvalue weighted by molar-refractivity contribution is 7.10. The SMILES string of the molecule is O=C(COC(=O)c1csc2c1CCCC2)NCCc1cccc(Cl)c1. The van der Waals surface area contributed by atoms with E-state index in [2.05, 4.69) is 5.32 Å². The number of aryl methyl sites for hydroxylation is 1. The fourth-order valence-electron chi connectivity index (χ4n) is 2.96. The Morgan fingerprint density at radius 3 is 2.92 bits per heavy atom. The maximum atomic E-state index is 12.2. The number of thiophene rings is 1. The zero-order valence-corrected chi connectivity index (χ0v) is 15.4. The molecule has 0 bridgehead atoms. The molecule has 1 N–H and O–H groups in total. The number of ether oxygens (including phenoxy) is 1. The lowest BCUT2D eigenvalue weighted by atomic mass is 9.96. The minimum Gasteiger partial charge on any atom is -0.452 e. The molecule has 3 rings (SSSR count). The van der Waals surface area contributed by atoms with E-state index in [9.17, 15) is 9.59 Å². The Morgan fingerprint density at radius 2 is 2.08 bits per heavy atom. The lowest BCUT2D eigenvalue weighted by Crippen LogP contribution is -2.30. The molecule has 1 aliphatic rings. The van der Waals surface area contributed by atoms with E-state index in [1.54, 1.807) is 11.3 Å². The third-order valence-electron chi connectivity index (χ3n) is 4.24. The Hall–Kier alpha value is -1.85. The van der Waals surface area contributed by atoms with Crippen LogP contribution in [0.3, 0.4) is 0 Å². The van der Waals surface area contributed by atoms with Crippen LogP contribution in [0, 0.1) is 0 Å². The van der Waals surface area contributed by atoms with Crippen LogP contribution >= 0.6 is 22.9 Å². The van der Waals surface area contributed by atoms with Crippen LogP contribution in [-0.4, -0.2) is 25.0 Å². The number of nitrogens with one attached hydrogen (secondary N) is 1. The van der Waals surface area contributed by atoms with Gasteiger partial charge in [0.2, 0.25) is 0 Å². The van der Waals surface area contributed by atoms with Crippen molar-refractivity contribution in [2.24, 2.45) is 0 Å². The number of halogens is 1. The molecule has 0 atom stereocenters. The van der Waals surface area contributed by atoms with Gasteiger partial charge in [-0.25, -0.2) is 4.79 Å². The maximum absolute atomic E-state index is 12.2. The van der Waals surface area contributed by atoms with Crippen LogP contribution in [-0.2, 0) is 28.8 Å². The lowest BCUT2D eigenvalue weighted by molar-refractivity contribution is -0.124. The molecule has 1 amide bonds. The monoisotopic (exact) mass is 377 g/mol. The van der Waals surface area contributed by atoms with Gasteiger partial charge in [0, 0.05) is 21.8 Å². The van der Waals surface area contributed by atoms with Crippen molar-refractivity contribution in [3.8, 4) is 0 Å². The van der Waals surface area contributed by atoms with E-state index in [4.69, 9.17) is 16.3 Å². The van der Waals surface area contributed by atoms with Gasteiger partial charge in [0.15, 0.2) is 6.61 Å². The maximum Gasteiger partial charge on any atom is 0.339 e. The molecule has 0 aliphatic heterocycles. The summed E-state index contributed by atoms with van der Waals surface area (Å²) in [7, 11) is 0. The zero-order valence-electron chi connectivity index (χ0n) is 13.8. The number of carbonyl (C=O) groups is 2. The van der Waals surface area contributed by atoms with Crippen LogP contribution in [0.2, 0.25) is 5.02 Å². The average Bonchev–Trinajstić information content (AvgIpc) is 3.04. The van der Waals surface area contributed by atoms with Crippen LogP contribution in [0.15, 0.2) is 29.6 Å². The van der Waals surface area contributed by atoms with Crippen LogP contribution in [0.25, 0.3) is 0 Å². The summed E-state index contributed by atoms with van der Waals surface area (Å²) in [5.41, 5.74) is 2.80. The summed E-state index contributed by atoms with van der Waals surface area (Å²) in [5.74, 6) is -0.691. The van der Waals surface area contributed by atoms with E-state index >= 15 is 0 Å². The molecule has 132 valence electrons. The predicted octanol–water partition coefficient (Wildman–Crippen LogP) is 3.80. The highest BCUT2D eigenvalue weighted by Gasteiger charge is 2.21. The fraction of sp³-hybridized carbons (Fsp3) is 0.368. The molecule has 25 heavy (non-hydrogen) atoms. The Labute approximate surface area is 156 Å². The van der Waals surface area contributed by atoms with Gasteiger partial charge in [0.05, 0.1) is 5.56 Å². The third-order valence-corrected chi connectivity index (χ3v) is 5.56. The topological polar surface area (TPSA) is 55.4 Å². The van der Waals surface area contributed by atoms with Gasteiger partial charge in [-0.3, -0.25) is 4.79 Å². The van der Waals surface area contributed by atoms with Crippen LogP contribution < -0.4 is 5.32 Å². The summed E-state index contributed by atoms with van der Waals surface area (Å²) < 4.78 is 5.17. The van der Waals surface area contributed by atoms with Crippen molar-refractivity contribution >= 4 is 34.8 Å². The van der Waals surface area contributed by atoms with Gasteiger partial charge >= 0.3 is 5.97 Å². The Morgan fingerprint density at radius 1 is 1.24 bits per heavy atom. The molecule has 1 aromatic carbocycles. The third kappa shape index (κ3) is 4.83. The second-order valence-corrected chi connectivity index (χ2v) is 7.46. The van der Waals surface area contributed by atoms with Crippen molar-refractivity contribution in [3.05, 3.63) is 56.2 Å². The highest BCUT2D eigenvalue weighted by Crippen LogP contribution is 2.30. The van der Waals surface area contributed by atoms with E-state index < -0.39 is 5.97 Å². The Balaban J connectivity index is 1.43. The van der Waals surface area contributed by atoms with Gasteiger partial charge in [0.1, 0.15) is 0 Å². The number of hydrogen-bond acceptors (Lipinski definition) is 4. The van der Waals surface area contributed by atoms with Crippen LogP contribution in [0.5, 0.6) is 0 Å². The molecule has 0 saturated heterocycles. The predicted molar refractivity (Wildman–Crippen MR) is 99.4 cm³/mol. The first-order valence-corrected chi connectivity index (χ1v) is 9.67. The molecular formula is C19H20ClNO3S. The average molecular weight is 378 g/mol. The highest BCUT2D eigenvalue weighted by atomic mass is 35.5. The first-order chi connectivity index (χ1) is 12.1. The lowest BCUT2D eigenvalue weighted by Gasteiger charge is -2.12. The number of amides is 1. The number of carbonyl (C=O) groups excluding carboxylic acids is 2. The summed E-state index contributed by atoms with van der Waals surface area (Å²) in [4.78, 5) is 25.3. The molecule has 0 radical (unpaired) electrons. The fourth-order valence-corrected chi connectivity index (χ4v) is 4.29. The Bertz CT molecular complexity index is 772. The van der Waals surface area contributed by atoms with Crippen molar-refractivity contribution < 1.29 is 14.3 Å². The molecule has 0 spiro atoms. The summed E-state index contributed by atoms with van der Waals surface area (Å²) in [6.07, 6.45) is 4.93. The van der Waals surface area contributed by atoms with Crippen LogP contribution in [0.4, 0.5) is 0 Å². The number of hydrogen-bond donors (Lipinski definition) is 1.